The van der Waals surface area contributed by atoms with Crippen LogP contribution in [0.1, 0.15) is 43.9 Å². The monoisotopic (exact) mass is 450 g/mol. The minimum absolute atomic E-state index is 0.0409. The van der Waals surface area contributed by atoms with E-state index >= 15 is 0 Å². The van der Waals surface area contributed by atoms with E-state index in [9.17, 15) is 13.2 Å². The molecule has 1 saturated carbocycles. The van der Waals surface area contributed by atoms with E-state index < -0.39 is 10.0 Å². The molecule has 0 atom stereocenters. The van der Waals surface area contributed by atoms with E-state index in [-0.39, 0.29) is 16.8 Å². The summed E-state index contributed by atoms with van der Waals surface area (Å²) in [5.74, 6) is 0.879. The van der Waals surface area contributed by atoms with Gasteiger partial charge in [0.2, 0.25) is 15.9 Å². The lowest BCUT2D eigenvalue weighted by Gasteiger charge is -2.28. The van der Waals surface area contributed by atoms with Crippen molar-refractivity contribution < 1.29 is 13.2 Å². The SMILES string of the molecule is CC(=O)N1CCCSc2ccc(S(=O)(=O)N(Cc3cccs3)C3CCCC3)cc21. The normalized spacial score (nSPS) is 18.1. The van der Waals surface area contributed by atoms with Crippen molar-refractivity contribution in [3.63, 3.8) is 0 Å². The van der Waals surface area contributed by atoms with Gasteiger partial charge in [0.1, 0.15) is 0 Å². The molecule has 2 aromatic rings. The van der Waals surface area contributed by atoms with Crippen molar-refractivity contribution >= 4 is 44.7 Å². The number of carbonyl (C=O) groups excluding carboxylic acids is 1. The van der Waals surface area contributed by atoms with Crippen LogP contribution in [0.15, 0.2) is 45.5 Å². The van der Waals surface area contributed by atoms with Gasteiger partial charge in [0.25, 0.3) is 0 Å². The van der Waals surface area contributed by atoms with Crippen LogP contribution in [0.4, 0.5) is 5.69 Å². The van der Waals surface area contributed by atoms with E-state index in [0.717, 1.165) is 53.3 Å². The highest BCUT2D eigenvalue weighted by atomic mass is 32.2. The summed E-state index contributed by atoms with van der Waals surface area (Å²) in [7, 11) is -3.66. The largest absolute Gasteiger partial charge is 0.311 e. The van der Waals surface area contributed by atoms with Gasteiger partial charge in [-0.1, -0.05) is 18.9 Å². The average molecular weight is 451 g/mol. The molecular formula is C21H26N2O3S3. The van der Waals surface area contributed by atoms with Gasteiger partial charge in [-0.25, -0.2) is 8.42 Å². The Kier molecular flexibility index (Phi) is 6.34. The maximum absolute atomic E-state index is 13.7. The molecule has 1 amide bonds. The molecule has 8 heteroatoms. The third-order valence-electron chi connectivity index (χ3n) is 5.62. The number of anilines is 1. The number of sulfonamides is 1. The molecule has 1 aromatic carbocycles. The zero-order valence-electron chi connectivity index (χ0n) is 16.5. The highest BCUT2D eigenvalue weighted by Gasteiger charge is 2.34. The minimum atomic E-state index is -3.66. The van der Waals surface area contributed by atoms with E-state index in [1.807, 2.05) is 23.6 Å². The number of thioether (sulfide) groups is 1. The Hall–Kier alpha value is -1.35. The van der Waals surface area contributed by atoms with E-state index in [4.69, 9.17) is 0 Å². The van der Waals surface area contributed by atoms with Crippen molar-refractivity contribution in [2.75, 3.05) is 17.2 Å². The first kappa shape index (κ1) is 20.9. The fraction of sp³-hybridized carbons (Fsp3) is 0.476. The van der Waals surface area contributed by atoms with Gasteiger partial charge in [-0.05, 0) is 54.7 Å². The number of amides is 1. The molecule has 0 spiro atoms. The van der Waals surface area contributed by atoms with E-state index in [2.05, 4.69) is 0 Å². The van der Waals surface area contributed by atoms with Crippen molar-refractivity contribution in [2.45, 2.75) is 61.4 Å². The molecule has 0 bridgehead atoms. The van der Waals surface area contributed by atoms with Gasteiger partial charge < -0.3 is 4.90 Å². The summed E-state index contributed by atoms with van der Waals surface area (Å²) in [6.45, 7) is 2.58. The molecule has 5 nitrogen and oxygen atoms in total. The number of hydrogen-bond donors (Lipinski definition) is 0. The second-order valence-corrected chi connectivity index (χ2v) is 11.6. The van der Waals surface area contributed by atoms with E-state index in [1.165, 1.54) is 0 Å². The summed E-state index contributed by atoms with van der Waals surface area (Å²) in [5.41, 5.74) is 0.726. The third kappa shape index (κ3) is 4.40. The van der Waals surface area contributed by atoms with Crippen LogP contribution in [-0.4, -0.2) is 37.0 Å². The van der Waals surface area contributed by atoms with Crippen LogP contribution in [-0.2, 0) is 21.4 Å². The number of carbonyl (C=O) groups is 1. The van der Waals surface area contributed by atoms with Crippen LogP contribution in [0.25, 0.3) is 0 Å². The number of benzene rings is 1. The topological polar surface area (TPSA) is 57.7 Å². The predicted molar refractivity (Wildman–Crippen MR) is 119 cm³/mol. The van der Waals surface area contributed by atoms with Gasteiger partial charge in [0.15, 0.2) is 0 Å². The number of fused-ring (bicyclic) bond motifs is 1. The molecule has 1 aliphatic carbocycles. The quantitative estimate of drug-likeness (QED) is 0.661. The number of thiophene rings is 1. The third-order valence-corrected chi connectivity index (χ3v) is 9.52. The fourth-order valence-electron chi connectivity index (χ4n) is 4.14. The van der Waals surface area contributed by atoms with E-state index in [0.29, 0.717) is 13.1 Å². The minimum Gasteiger partial charge on any atom is -0.311 e. The van der Waals surface area contributed by atoms with Crippen molar-refractivity contribution in [1.82, 2.24) is 4.31 Å². The van der Waals surface area contributed by atoms with Crippen molar-refractivity contribution in [2.24, 2.45) is 0 Å². The molecule has 0 unspecified atom stereocenters. The number of nitrogens with zero attached hydrogens (tertiary/aromatic N) is 2. The zero-order valence-corrected chi connectivity index (χ0v) is 19.0. The van der Waals surface area contributed by atoms with Crippen LogP contribution >= 0.6 is 23.1 Å². The lowest BCUT2D eigenvalue weighted by Crippen LogP contribution is -2.38. The predicted octanol–water partition coefficient (Wildman–Crippen LogP) is 4.73. The Morgan fingerprint density at radius 2 is 2.00 bits per heavy atom. The van der Waals surface area contributed by atoms with Crippen LogP contribution in [0.5, 0.6) is 0 Å². The lowest BCUT2D eigenvalue weighted by atomic mass is 10.2. The van der Waals surface area contributed by atoms with Crippen molar-refractivity contribution in [3.8, 4) is 0 Å². The Bertz CT molecular complexity index is 967. The van der Waals surface area contributed by atoms with Gasteiger partial charge in [0.05, 0.1) is 10.6 Å². The van der Waals surface area contributed by atoms with Crippen LogP contribution < -0.4 is 4.90 Å². The fourth-order valence-corrected chi connectivity index (χ4v) is 7.58. The first-order chi connectivity index (χ1) is 14.0. The number of rotatable bonds is 5. The van der Waals surface area contributed by atoms with Gasteiger partial charge in [0, 0.05) is 35.8 Å². The summed E-state index contributed by atoms with van der Waals surface area (Å²) < 4.78 is 29.1. The van der Waals surface area contributed by atoms with Crippen molar-refractivity contribution in [1.29, 1.82) is 0 Å². The maximum atomic E-state index is 13.7. The summed E-state index contributed by atoms with van der Waals surface area (Å²) in [4.78, 5) is 16.2. The summed E-state index contributed by atoms with van der Waals surface area (Å²) in [6, 6.07) is 9.28. The Morgan fingerprint density at radius 1 is 1.21 bits per heavy atom. The maximum Gasteiger partial charge on any atom is 0.243 e. The van der Waals surface area contributed by atoms with Gasteiger partial charge in [-0.3, -0.25) is 4.79 Å². The highest BCUT2D eigenvalue weighted by Crippen LogP contribution is 2.38. The Balaban J connectivity index is 1.73. The average Bonchev–Trinajstić information content (AvgIpc) is 3.36. The molecule has 4 rings (SSSR count). The summed E-state index contributed by atoms with van der Waals surface area (Å²) in [6.07, 6.45) is 4.85. The van der Waals surface area contributed by atoms with Crippen LogP contribution in [0.3, 0.4) is 0 Å². The summed E-state index contributed by atoms with van der Waals surface area (Å²) >= 11 is 3.28. The molecule has 1 aromatic heterocycles. The molecule has 0 radical (unpaired) electrons. The molecule has 2 aliphatic rings. The smallest absolute Gasteiger partial charge is 0.243 e. The first-order valence-corrected chi connectivity index (χ1v) is 13.4. The summed E-state index contributed by atoms with van der Waals surface area (Å²) in [5, 5.41) is 1.99. The Morgan fingerprint density at radius 3 is 2.69 bits per heavy atom. The standard InChI is InChI=1S/C21H26N2O3S3/c1-16(24)22-11-5-13-28-21-10-9-19(14-20(21)22)29(25,26)23(17-6-2-3-7-17)15-18-8-4-12-27-18/h4,8-10,12,14,17H,2-3,5-7,11,13,15H2,1H3. The van der Waals surface area contributed by atoms with Crippen LogP contribution in [0, 0.1) is 0 Å². The Labute approximate surface area is 181 Å². The van der Waals surface area contributed by atoms with E-state index in [1.54, 1.807) is 51.4 Å². The zero-order chi connectivity index (χ0) is 20.4. The van der Waals surface area contributed by atoms with Gasteiger partial charge in [-0.15, -0.1) is 23.1 Å². The molecule has 0 saturated heterocycles. The second kappa shape index (κ2) is 8.79. The molecule has 156 valence electrons. The lowest BCUT2D eigenvalue weighted by molar-refractivity contribution is -0.116. The highest BCUT2D eigenvalue weighted by molar-refractivity contribution is 7.99. The number of hydrogen-bond acceptors (Lipinski definition) is 5. The molecular weight excluding hydrogens is 424 g/mol. The van der Waals surface area contributed by atoms with Gasteiger partial charge in [-0.2, -0.15) is 4.31 Å². The molecule has 2 heterocycles. The molecule has 1 aliphatic heterocycles. The molecule has 0 N–H and O–H groups in total. The van der Waals surface area contributed by atoms with Crippen LogP contribution in [0.2, 0.25) is 0 Å². The second-order valence-electron chi connectivity index (χ2n) is 7.57. The first-order valence-electron chi connectivity index (χ1n) is 10.1. The van der Waals surface area contributed by atoms with Crippen molar-refractivity contribution in [3.05, 3.63) is 40.6 Å². The molecule has 1 fully saturated rings. The van der Waals surface area contributed by atoms with Gasteiger partial charge >= 0.3 is 0 Å². The molecule has 29 heavy (non-hydrogen) atoms.